The SMILES string of the molecule is Cl.N#C[C@@H]1CCNC[C@@H]1F. The van der Waals surface area contributed by atoms with E-state index in [4.69, 9.17) is 5.26 Å². The Morgan fingerprint density at radius 3 is 2.70 bits per heavy atom. The lowest BCUT2D eigenvalue weighted by atomic mass is 9.98. The molecule has 1 aliphatic heterocycles. The number of halogens is 2. The van der Waals surface area contributed by atoms with Gasteiger partial charge in [-0.1, -0.05) is 0 Å². The van der Waals surface area contributed by atoms with Crippen molar-refractivity contribution in [2.75, 3.05) is 13.1 Å². The Balaban J connectivity index is 0.000000810. The molecule has 0 radical (unpaired) electrons. The van der Waals surface area contributed by atoms with Crippen molar-refractivity contribution in [3.05, 3.63) is 0 Å². The maximum Gasteiger partial charge on any atom is 0.128 e. The van der Waals surface area contributed by atoms with Crippen molar-refractivity contribution in [2.24, 2.45) is 5.92 Å². The highest BCUT2D eigenvalue weighted by atomic mass is 35.5. The zero-order valence-corrected chi connectivity index (χ0v) is 6.33. The summed E-state index contributed by atoms with van der Waals surface area (Å²) in [5.74, 6) is -0.369. The van der Waals surface area contributed by atoms with Crippen LogP contribution in [0.1, 0.15) is 6.42 Å². The molecular formula is C6H10ClFN2. The molecule has 0 aliphatic carbocycles. The second kappa shape index (κ2) is 4.48. The molecule has 0 spiro atoms. The highest BCUT2D eigenvalue weighted by molar-refractivity contribution is 5.85. The van der Waals surface area contributed by atoms with Gasteiger partial charge in [0.1, 0.15) is 6.17 Å². The molecule has 1 heterocycles. The average molecular weight is 165 g/mol. The van der Waals surface area contributed by atoms with Gasteiger partial charge < -0.3 is 5.32 Å². The van der Waals surface area contributed by atoms with Gasteiger partial charge in [0, 0.05) is 6.54 Å². The van der Waals surface area contributed by atoms with Crippen molar-refractivity contribution in [1.29, 1.82) is 5.26 Å². The standard InChI is InChI=1S/C6H9FN2.ClH/c7-6-4-9-2-1-5(6)3-8;/h5-6,9H,1-2,4H2;1H/t5-,6-;/m0./s1. The molecule has 0 aromatic heterocycles. The Morgan fingerprint density at radius 1 is 1.60 bits per heavy atom. The number of alkyl halides is 1. The first kappa shape index (κ1) is 9.67. The minimum absolute atomic E-state index is 0. The summed E-state index contributed by atoms with van der Waals surface area (Å²) < 4.78 is 12.6. The number of piperidine rings is 1. The number of rotatable bonds is 0. The van der Waals surface area contributed by atoms with Gasteiger partial charge in [0.15, 0.2) is 0 Å². The predicted octanol–water partition coefficient (Wildman–Crippen LogP) is 0.879. The lowest BCUT2D eigenvalue weighted by molar-refractivity contribution is 0.218. The van der Waals surface area contributed by atoms with Crippen LogP contribution in [0.25, 0.3) is 0 Å². The second-order valence-electron chi connectivity index (χ2n) is 2.24. The van der Waals surface area contributed by atoms with E-state index in [1.54, 1.807) is 0 Å². The number of hydrogen-bond donors (Lipinski definition) is 1. The van der Waals surface area contributed by atoms with E-state index in [1.807, 2.05) is 6.07 Å². The van der Waals surface area contributed by atoms with Crippen LogP contribution in [0.5, 0.6) is 0 Å². The highest BCUT2D eigenvalue weighted by Gasteiger charge is 2.23. The van der Waals surface area contributed by atoms with Crippen molar-refractivity contribution in [3.8, 4) is 6.07 Å². The van der Waals surface area contributed by atoms with Crippen LogP contribution in [0.4, 0.5) is 4.39 Å². The fourth-order valence-electron chi connectivity index (χ4n) is 0.966. The normalized spacial score (nSPS) is 32.0. The summed E-state index contributed by atoms with van der Waals surface area (Å²) in [6.45, 7) is 1.12. The molecule has 1 rings (SSSR count). The minimum atomic E-state index is -0.955. The van der Waals surface area contributed by atoms with E-state index in [-0.39, 0.29) is 18.3 Å². The zero-order valence-electron chi connectivity index (χ0n) is 5.51. The minimum Gasteiger partial charge on any atom is -0.314 e. The molecule has 1 aliphatic rings. The van der Waals surface area contributed by atoms with E-state index < -0.39 is 6.17 Å². The summed E-state index contributed by atoms with van der Waals surface area (Å²) in [5.41, 5.74) is 0. The third kappa shape index (κ3) is 2.13. The Morgan fingerprint density at radius 2 is 2.30 bits per heavy atom. The molecule has 2 nitrogen and oxygen atoms in total. The summed E-state index contributed by atoms with van der Waals surface area (Å²) in [5, 5.41) is 11.2. The lowest BCUT2D eigenvalue weighted by Gasteiger charge is -2.20. The third-order valence-corrected chi connectivity index (χ3v) is 1.57. The molecule has 0 aromatic rings. The molecule has 2 atom stereocenters. The summed E-state index contributed by atoms with van der Waals surface area (Å²) >= 11 is 0. The molecule has 1 N–H and O–H groups in total. The first-order chi connectivity index (χ1) is 4.34. The van der Waals surface area contributed by atoms with Crippen LogP contribution < -0.4 is 5.32 Å². The molecule has 0 bridgehead atoms. The van der Waals surface area contributed by atoms with E-state index in [9.17, 15) is 4.39 Å². The number of nitriles is 1. The molecule has 10 heavy (non-hydrogen) atoms. The van der Waals surface area contributed by atoms with E-state index >= 15 is 0 Å². The quantitative estimate of drug-likeness (QED) is 0.577. The van der Waals surface area contributed by atoms with E-state index in [0.29, 0.717) is 13.0 Å². The molecule has 0 amide bonds. The van der Waals surface area contributed by atoms with E-state index in [2.05, 4.69) is 5.32 Å². The fraction of sp³-hybridized carbons (Fsp3) is 0.833. The Hall–Kier alpha value is -0.330. The van der Waals surface area contributed by atoms with Crippen molar-refractivity contribution in [3.63, 3.8) is 0 Å². The number of nitrogens with one attached hydrogen (secondary N) is 1. The fourth-order valence-corrected chi connectivity index (χ4v) is 0.966. The summed E-state index contributed by atoms with van der Waals surface area (Å²) in [7, 11) is 0. The van der Waals surface area contributed by atoms with Crippen LogP contribution in [0.15, 0.2) is 0 Å². The summed E-state index contributed by atoms with van der Waals surface area (Å²) in [6, 6.07) is 1.94. The molecule has 1 saturated heterocycles. The number of hydrogen-bond acceptors (Lipinski definition) is 2. The van der Waals surface area contributed by atoms with Gasteiger partial charge in [-0.15, -0.1) is 12.4 Å². The first-order valence-corrected chi connectivity index (χ1v) is 3.09. The van der Waals surface area contributed by atoms with Gasteiger partial charge in [0.05, 0.1) is 12.0 Å². The first-order valence-electron chi connectivity index (χ1n) is 3.09. The number of nitrogens with zero attached hydrogens (tertiary/aromatic N) is 1. The van der Waals surface area contributed by atoms with Gasteiger partial charge in [-0.25, -0.2) is 4.39 Å². The monoisotopic (exact) mass is 164 g/mol. The topological polar surface area (TPSA) is 35.8 Å². The second-order valence-corrected chi connectivity index (χ2v) is 2.24. The third-order valence-electron chi connectivity index (χ3n) is 1.57. The molecular weight excluding hydrogens is 155 g/mol. The lowest BCUT2D eigenvalue weighted by Crippen LogP contribution is -2.37. The van der Waals surface area contributed by atoms with Crippen LogP contribution in [-0.4, -0.2) is 19.3 Å². The summed E-state index contributed by atoms with van der Waals surface area (Å²) in [6.07, 6.45) is -0.304. The van der Waals surface area contributed by atoms with Crippen LogP contribution in [0.3, 0.4) is 0 Å². The molecule has 58 valence electrons. The van der Waals surface area contributed by atoms with Crippen LogP contribution in [0.2, 0.25) is 0 Å². The van der Waals surface area contributed by atoms with Crippen LogP contribution >= 0.6 is 12.4 Å². The molecule has 0 aromatic carbocycles. The molecule has 1 fully saturated rings. The Bertz CT molecular complexity index is 134. The highest BCUT2D eigenvalue weighted by Crippen LogP contribution is 2.13. The summed E-state index contributed by atoms with van der Waals surface area (Å²) in [4.78, 5) is 0. The molecule has 0 saturated carbocycles. The van der Waals surface area contributed by atoms with E-state index in [0.717, 1.165) is 6.54 Å². The van der Waals surface area contributed by atoms with Gasteiger partial charge >= 0.3 is 0 Å². The van der Waals surface area contributed by atoms with Crippen molar-refractivity contribution < 1.29 is 4.39 Å². The van der Waals surface area contributed by atoms with Gasteiger partial charge in [0.2, 0.25) is 0 Å². The maximum atomic E-state index is 12.6. The predicted molar refractivity (Wildman–Crippen MR) is 38.7 cm³/mol. The average Bonchev–Trinajstić information content (AvgIpc) is 1.89. The largest absolute Gasteiger partial charge is 0.314 e. The van der Waals surface area contributed by atoms with Gasteiger partial charge in [-0.05, 0) is 13.0 Å². The van der Waals surface area contributed by atoms with Crippen molar-refractivity contribution in [2.45, 2.75) is 12.6 Å². The van der Waals surface area contributed by atoms with Gasteiger partial charge in [-0.3, -0.25) is 0 Å². The maximum absolute atomic E-state index is 12.6. The molecule has 4 heteroatoms. The zero-order chi connectivity index (χ0) is 6.69. The van der Waals surface area contributed by atoms with Gasteiger partial charge in [0.25, 0.3) is 0 Å². The van der Waals surface area contributed by atoms with Gasteiger partial charge in [-0.2, -0.15) is 5.26 Å². The van der Waals surface area contributed by atoms with Crippen LogP contribution in [-0.2, 0) is 0 Å². The van der Waals surface area contributed by atoms with Crippen molar-refractivity contribution in [1.82, 2.24) is 5.32 Å². The van der Waals surface area contributed by atoms with E-state index in [1.165, 1.54) is 0 Å². The van der Waals surface area contributed by atoms with Crippen LogP contribution in [0, 0.1) is 17.2 Å². The molecule has 0 unspecified atom stereocenters. The Labute approximate surface area is 65.8 Å². The smallest absolute Gasteiger partial charge is 0.128 e. The Kier molecular flexibility index (Phi) is 4.33. The van der Waals surface area contributed by atoms with Crippen molar-refractivity contribution >= 4 is 12.4 Å².